The van der Waals surface area contributed by atoms with E-state index in [4.69, 9.17) is 21.3 Å². The molecule has 0 radical (unpaired) electrons. The maximum absolute atomic E-state index is 6.51. The van der Waals surface area contributed by atoms with E-state index in [-0.39, 0.29) is 0 Å². The van der Waals surface area contributed by atoms with Gasteiger partial charge in [-0.15, -0.1) is 0 Å². The zero-order chi connectivity index (χ0) is 14.9. The van der Waals surface area contributed by atoms with Crippen LogP contribution >= 0.6 is 11.6 Å². The van der Waals surface area contributed by atoms with Crippen molar-refractivity contribution in [1.29, 1.82) is 0 Å². The van der Waals surface area contributed by atoms with Gasteiger partial charge in [-0.3, -0.25) is 0 Å². The number of nitrogens with zero attached hydrogens (tertiary/aromatic N) is 3. The highest BCUT2D eigenvalue weighted by Crippen LogP contribution is 2.28. The molecule has 0 amide bonds. The van der Waals surface area contributed by atoms with Gasteiger partial charge in [0, 0.05) is 11.3 Å². The highest BCUT2D eigenvalue weighted by atomic mass is 35.5. The van der Waals surface area contributed by atoms with Crippen molar-refractivity contribution in [2.45, 2.75) is 32.3 Å². The lowest BCUT2D eigenvalue weighted by Crippen LogP contribution is -2.10. The minimum absolute atomic E-state index is 0.440. The molecule has 0 N–H and O–H groups in total. The number of hydrogen-bond acceptors (Lipinski definition) is 3. The first-order valence-electron chi connectivity index (χ1n) is 7.54. The number of halogens is 1. The van der Waals surface area contributed by atoms with Gasteiger partial charge in [-0.05, 0) is 37.8 Å². The molecule has 5 heteroatoms. The molecular formula is C17H16ClN3O. The Morgan fingerprint density at radius 2 is 1.95 bits per heavy atom. The molecule has 0 saturated heterocycles. The second-order valence-electron chi connectivity index (χ2n) is 5.54. The smallest absolute Gasteiger partial charge is 0.163 e. The maximum Gasteiger partial charge on any atom is 0.163 e. The van der Waals surface area contributed by atoms with Crippen LogP contribution < -0.4 is 4.74 Å². The van der Waals surface area contributed by atoms with Crippen molar-refractivity contribution in [2.24, 2.45) is 0 Å². The Hall–Kier alpha value is -2.07. The van der Waals surface area contributed by atoms with Crippen LogP contribution in [-0.2, 0) is 19.4 Å². The van der Waals surface area contributed by atoms with E-state index in [2.05, 4.69) is 5.10 Å². The number of rotatable bonds is 3. The summed E-state index contributed by atoms with van der Waals surface area (Å²) < 4.78 is 7.54. The predicted octanol–water partition coefficient (Wildman–Crippen LogP) is 3.84. The maximum atomic E-state index is 6.51. The molecule has 2 aromatic heterocycles. The van der Waals surface area contributed by atoms with Gasteiger partial charge in [-0.1, -0.05) is 29.8 Å². The average Bonchev–Trinajstić information content (AvgIpc) is 2.97. The Morgan fingerprint density at radius 1 is 1.14 bits per heavy atom. The number of benzene rings is 1. The van der Waals surface area contributed by atoms with E-state index >= 15 is 0 Å². The SMILES string of the molecule is Clc1c2c(nc3c(COc4ccccc4)cnn13)CCCC2. The summed E-state index contributed by atoms with van der Waals surface area (Å²) in [5.74, 6) is 0.839. The summed E-state index contributed by atoms with van der Waals surface area (Å²) in [4.78, 5) is 4.78. The van der Waals surface area contributed by atoms with Crippen molar-refractivity contribution in [1.82, 2.24) is 14.6 Å². The fourth-order valence-electron chi connectivity index (χ4n) is 2.91. The summed E-state index contributed by atoms with van der Waals surface area (Å²) in [5.41, 5.74) is 4.03. The summed E-state index contributed by atoms with van der Waals surface area (Å²) in [6, 6.07) is 9.76. The summed E-state index contributed by atoms with van der Waals surface area (Å²) >= 11 is 6.51. The molecule has 1 aliphatic rings. The van der Waals surface area contributed by atoms with Gasteiger partial charge in [0.2, 0.25) is 0 Å². The standard InChI is InChI=1S/C17H16ClN3O/c18-16-14-8-4-5-9-15(14)20-17-12(10-19-21(16)17)11-22-13-6-2-1-3-7-13/h1-3,6-7,10H,4-5,8-9,11H2. The Morgan fingerprint density at radius 3 is 2.82 bits per heavy atom. The van der Waals surface area contributed by atoms with Gasteiger partial charge < -0.3 is 4.74 Å². The first-order chi connectivity index (χ1) is 10.8. The molecule has 2 heterocycles. The van der Waals surface area contributed by atoms with Crippen LogP contribution in [0.3, 0.4) is 0 Å². The monoisotopic (exact) mass is 313 g/mol. The van der Waals surface area contributed by atoms with E-state index in [0.717, 1.165) is 41.1 Å². The van der Waals surface area contributed by atoms with Crippen LogP contribution in [0.5, 0.6) is 5.75 Å². The van der Waals surface area contributed by atoms with Crippen molar-refractivity contribution in [2.75, 3.05) is 0 Å². The molecule has 0 saturated carbocycles. The normalized spacial score (nSPS) is 14.0. The third kappa shape index (κ3) is 2.33. The number of ether oxygens (including phenoxy) is 1. The number of fused-ring (bicyclic) bond motifs is 2. The molecule has 1 aliphatic carbocycles. The van der Waals surface area contributed by atoms with Gasteiger partial charge in [0.05, 0.1) is 11.8 Å². The van der Waals surface area contributed by atoms with Gasteiger partial charge in [0.25, 0.3) is 0 Å². The van der Waals surface area contributed by atoms with Crippen LogP contribution in [0.1, 0.15) is 29.7 Å². The Balaban J connectivity index is 1.69. The van der Waals surface area contributed by atoms with Crippen molar-refractivity contribution in [3.63, 3.8) is 0 Å². The fourth-order valence-corrected chi connectivity index (χ4v) is 3.24. The Bertz CT molecular complexity index is 814. The van der Waals surface area contributed by atoms with E-state index in [0.29, 0.717) is 11.8 Å². The Labute approximate surface area is 133 Å². The molecule has 0 fully saturated rings. The highest BCUT2D eigenvalue weighted by Gasteiger charge is 2.19. The van der Waals surface area contributed by atoms with E-state index in [1.54, 1.807) is 10.7 Å². The minimum Gasteiger partial charge on any atom is -0.489 e. The van der Waals surface area contributed by atoms with E-state index < -0.39 is 0 Å². The quantitative estimate of drug-likeness (QED) is 0.690. The lowest BCUT2D eigenvalue weighted by molar-refractivity contribution is 0.307. The fraction of sp³-hybridized carbons (Fsp3) is 0.294. The van der Waals surface area contributed by atoms with Crippen LogP contribution in [0.2, 0.25) is 5.15 Å². The molecule has 112 valence electrons. The first-order valence-corrected chi connectivity index (χ1v) is 7.92. The van der Waals surface area contributed by atoms with Gasteiger partial charge in [0.1, 0.15) is 17.5 Å². The minimum atomic E-state index is 0.440. The lowest BCUT2D eigenvalue weighted by Gasteiger charge is -2.16. The number of hydrogen-bond donors (Lipinski definition) is 0. The van der Waals surface area contributed by atoms with Crippen molar-refractivity contribution in [3.8, 4) is 5.75 Å². The van der Waals surface area contributed by atoms with Gasteiger partial charge in [-0.25, -0.2) is 9.50 Å². The molecule has 4 nitrogen and oxygen atoms in total. The molecule has 1 aromatic carbocycles. The van der Waals surface area contributed by atoms with Crippen molar-refractivity contribution < 1.29 is 4.74 Å². The zero-order valence-corrected chi connectivity index (χ0v) is 12.9. The summed E-state index contributed by atoms with van der Waals surface area (Å²) in [6.45, 7) is 0.440. The molecule has 22 heavy (non-hydrogen) atoms. The molecule has 0 bridgehead atoms. The zero-order valence-electron chi connectivity index (χ0n) is 12.1. The number of aromatic nitrogens is 3. The topological polar surface area (TPSA) is 39.4 Å². The lowest BCUT2D eigenvalue weighted by atomic mass is 9.97. The largest absolute Gasteiger partial charge is 0.489 e. The Kier molecular flexibility index (Phi) is 3.47. The number of para-hydroxylation sites is 1. The van der Waals surface area contributed by atoms with Crippen LogP contribution in [0.15, 0.2) is 36.5 Å². The second-order valence-corrected chi connectivity index (χ2v) is 5.90. The summed E-state index contributed by atoms with van der Waals surface area (Å²) in [5, 5.41) is 5.08. The molecule has 0 atom stereocenters. The molecule has 0 unspecified atom stereocenters. The highest BCUT2D eigenvalue weighted by molar-refractivity contribution is 6.30. The van der Waals surface area contributed by atoms with Crippen LogP contribution in [0, 0.1) is 0 Å². The van der Waals surface area contributed by atoms with Crippen LogP contribution in [0.4, 0.5) is 0 Å². The molecule has 0 spiro atoms. The van der Waals surface area contributed by atoms with Crippen molar-refractivity contribution in [3.05, 3.63) is 58.5 Å². The van der Waals surface area contributed by atoms with Gasteiger partial charge in [0.15, 0.2) is 5.65 Å². The summed E-state index contributed by atoms with van der Waals surface area (Å²) in [7, 11) is 0. The van der Waals surface area contributed by atoms with E-state index in [9.17, 15) is 0 Å². The molecule has 3 aromatic rings. The van der Waals surface area contributed by atoms with Gasteiger partial charge in [-0.2, -0.15) is 5.10 Å². The summed E-state index contributed by atoms with van der Waals surface area (Å²) in [6.07, 6.45) is 6.13. The molecular weight excluding hydrogens is 298 g/mol. The predicted molar refractivity (Wildman–Crippen MR) is 85.4 cm³/mol. The molecule has 4 rings (SSSR count). The third-order valence-corrected chi connectivity index (χ3v) is 4.46. The third-order valence-electron chi connectivity index (χ3n) is 4.07. The van der Waals surface area contributed by atoms with E-state index in [1.807, 2.05) is 30.3 Å². The van der Waals surface area contributed by atoms with Crippen LogP contribution in [0.25, 0.3) is 5.65 Å². The average molecular weight is 314 g/mol. The van der Waals surface area contributed by atoms with Crippen LogP contribution in [-0.4, -0.2) is 14.6 Å². The first kappa shape index (κ1) is 13.6. The number of aryl methyl sites for hydroxylation is 1. The van der Waals surface area contributed by atoms with Gasteiger partial charge >= 0.3 is 0 Å². The molecule has 0 aliphatic heterocycles. The van der Waals surface area contributed by atoms with E-state index in [1.165, 1.54) is 12.8 Å². The second kappa shape index (κ2) is 5.61. The van der Waals surface area contributed by atoms with Crippen molar-refractivity contribution >= 4 is 17.2 Å².